The van der Waals surface area contributed by atoms with Crippen molar-refractivity contribution in [2.45, 2.75) is 13.1 Å². The van der Waals surface area contributed by atoms with Crippen LogP contribution in [0, 0.1) is 0 Å². The van der Waals surface area contributed by atoms with Crippen molar-refractivity contribution in [1.29, 1.82) is 0 Å². The highest BCUT2D eigenvalue weighted by Gasteiger charge is 2.14. The first-order chi connectivity index (χ1) is 12.3. The predicted octanol–water partition coefficient (Wildman–Crippen LogP) is 4.60. The topological polar surface area (TPSA) is 43.8 Å². The molecule has 0 fully saturated rings. The first-order valence-corrected chi connectivity index (χ1v) is 9.17. The van der Waals surface area contributed by atoms with Crippen molar-refractivity contribution < 1.29 is 9.90 Å². The van der Waals surface area contributed by atoms with Gasteiger partial charge in [0.25, 0.3) is 0 Å². The van der Waals surface area contributed by atoms with Gasteiger partial charge in [0, 0.05) is 34.3 Å². The van der Waals surface area contributed by atoms with Crippen LogP contribution in [0.25, 0.3) is 6.08 Å². The zero-order chi connectivity index (χ0) is 19.3. The molecule has 146 valence electrons. The molecule has 0 aromatic heterocycles. The Labute approximate surface area is 176 Å². The summed E-state index contributed by atoms with van der Waals surface area (Å²) >= 11 is 3.40. The highest BCUT2D eigenvalue weighted by atomic mass is 79.9. The molecule has 0 spiro atoms. The minimum Gasteiger partial charge on any atom is -0.507 e. The van der Waals surface area contributed by atoms with Gasteiger partial charge in [-0.25, -0.2) is 0 Å². The maximum atomic E-state index is 12.7. The first kappa shape index (κ1) is 23.4. The molecule has 0 atom stereocenters. The van der Waals surface area contributed by atoms with Gasteiger partial charge >= 0.3 is 0 Å². The van der Waals surface area contributed by atoms with E-state index in [-0.39, 0.29) is 23.9 Å². The molecule has 0 heterocycles. The highest BCUT2D eigenvalue weighted by Crippen LogP contribution is 2.27. The Kier molecular flexibility index (Phi) is 9.19. The second-order valence-electron chi connectivity index (χ2n) is 6.87. The number of hydrogen-bond acceptors (Lipinski definition) is 4. The zero-order valence-electron chi connectivity index (χ0n) is 16.1. The molecule has 2 aromatic rings. The van der Waals surface area contributed by atoms with Gasteiger partial charge in [-0.15, -0.1) is 12.4 Å². The van der Waals surface area contributed by atoms with Crippen molar-refractivity contribution >= 4 is 40.2 Å². The summed E-state index contributed by atoms with van der Waals surface area (Å²) in [6.07, 6.45) is 3.38. The van der Waals surface area contributed by atoms with Gasteiger partial charge in [0.2, 0.25) is 0 Å². The van der Waals surface area contributed by atoms with Crippen LogP contribution in [0.15, 0.2) is 46.9 Å². The summed E-state index contributed by atoms with van der Waals surface area (Å²) in [5.41, 5.74) is 3.07. The van der Waals surface area contributed by atoms with Crippen molar-refractivity contribution in [3.8, 4) is 5.75 Å². The van der Waals surface area contributed by atoms with Gasteiger partial charge in [0.15, 0.2) is 5.78 Å². The van der Waals surface area contributed by atoms with Crippen LogP contribution in [-0.2, 0) is 13.1 Å². The molecule has 1 N–H and O–H groups in total. The molecule has 4 nitrogen and oxygen atoms in total. The van der Waals surface area contributed by atoms with Crippen LogP contribution in [-0.4, -0.2) is 48.9 Å². The molecular weight excluding hydrogens is 428 g/mol. The monoisotopic (exact) mass is 452 g/mol. The molecule has 27 heavy (non-hydrogen) atoms. The lowest BCUT2D eigenvalue weighted by atomic mass is 10.00. The number of phenolic OH excluding ortho intramolecular Hbond substituents is 1. The Morgan fingerprint density at radius 2 is 1.48 bits per heavy atom. The van der Waals surface area contributed by atoms with E-state index in [1.807, 2.05) is 62.3 Å². The highest BCUT2D eigenvalue weighted by molar-refractivity contribution is 9.10. The fourth-order valence-electron chi connectivity index (χ4n) is 2.67. The fraction of sp³-hybridized carbons (Fsp3) is 0.286. The third-order valence-corrected chi connectivity index (χ3v) is 4.35. The second kappa shape index (κ2) is 10.6. The zero-order valence-corrected chi connectivity index (χ0v) is 18.5. The minimum absolute atomic E-state index is 0. The molecule has 0 aliphatic carbocycles. The summed E-state index contributed by atoms with van der Waals surface area (Å²) in [7, 11) is 7.75. The lowest BCUT2D eigenvalue weighted by molar-refractivity contribution is 0.104. The summed E-state index contributed by atoms with van der Waals surface area (Å²) < 4.78 is 1.00. The number of carbonyl (C=O) groups excluding carboxylic acids is 1. The van der Waals surface area contributed by atoms with Crippen molar-refractivity contribution in [3.63, 3.8) is 0 Å². The van der Waals surface area contributed by atoms with E-state index in [1.165, 1.54) is 0 Å². The molecule has 0 aliphatic heterocycles. The van der Waals surface area contributed by atoms with Gasteiger partial charge in [-0.3, -0.25) is 4.79 Å². The number of phenols is 1. The van der Waals surface area contributed by atoms with E-state index in [0.29, 0.717) is 18.7 Å². The summed E-state index contributed by atoms with van der Waals surface area (Å²) in [5, 5.41) is 10.5. The van der Waals surface area contributed by atoms with Crippen LogP contribution in [0.2, 0.25) is 0 Å². The summed E-state index contributed by atoms with van der Waals surface area (Å²) in [5.74, 6) is 0.189. The van der Waals surface area contributed by atoms with E-state index in [9.17, 15) is 9.90 Å². The summed E-state index contributed by atoms with van der Waals surface area (Å²) in [6.45, 7) is 1.15. The van der Waals surface area contributed by atoms with Crippen LogP contribution in [0.1, 0.15) is 27.0 Å². The van der Waals surface area contributed by atoms with E-state index >= 15 is 0 Å². The van der Waals surface area contributed by atoms with Crippen LogP contribution >= 0.6 is 28.3 Å². The number of carbonyl (C=O) groups is 1. The van der Waals surface area contributed by atoms with Crippen molar-refractivity contribution in [3.05, 3.63) is 69.2 Å². The largest absolute Gasteiger partial charge is 0.507 e. The number of benzene rings is 2. The van der Waals surface area contributed by atoms with E-state index in [4.69, 9.17) is 0 Å². The maximum absolute atomic E-state index is 12.7. The quantitative estimate of drug-likeness (QED) is 0.492. The Balaban J connectivity index is 0.00000364. The number of allylic oxidation sites excluding steroid dienone is 1. The van der Waals surface area contributed by atoms with Gasteiger partial charge in [-0.1, -0.05) is 34.1 Å². The molecule has 6 heteroatoms. The Bertz CT molecular complexity index is 771. The molecule has 2 rings (SSSR count). The average molecular weight is 454 g/mol. The third kappa shape index (κ3) is 7.11. The van der Waals surface area contributed by atoms with Crippen LogP contribution in [0.4, 0.5) is 0 Å². The number of hydrogen-bond donors (Lipinski definition) is 1. The van der Waals surface area contributed by atoms with E-state index in [0.717, 1.165) is 21.2 Å². The van der Waals surface area contributed by atoms with E-state index < -0.39 is 0 Å². The number of halogens is 2. The van der Waals surface area contributed by atoms with Gasteiger partial charge in [0.05, 0.1) is 0 Å². The smallest absolute Gasteiger partial charge is 0.185 e. The molecule has 2 aromatic carbocycles. The molecule has 0 bridgehead atoms. The number of aromatic hydroxyl groups is 1. The Hall–Kier alpha value is -1.66. The van der Waals surface area contributed by atoms with Crippen molar-refractivity contribution in [1.82, 2.24) is 9.80 Å². The minimum atomic E-state index is -0.0760. The lowest BCUT2D eigenvalue weighted by Gasteiger charge is -2.17. The summed E-state index contributed by atoms with van der Waals surface area (Å²) in [6, 6.07) is 11.3. The average Bonchev–Trinajstić information content (AvgIpc) is 2.56. The molecule has 0 unspecified atom stereocenters. The van der Waals surface area contributed by atoms with Gasteiger partial charge < -0.3 is 14.9 Å². The van der Waals surface area contributed by atoms with E-state index in [2.05, 4.69) is 15.9 Å². The second-order valence-corrected chi connectivity index (χ2v) is 7.78. The standard InChI is InChI=1S/C21H25BrN2O2.ClH/c1-23(2)13-17-11-16(12-18(21(17)26)14-24(3)4)20(25)10-7-15-5-8-19(22)9-6-15;/h5-12,26H,13-14H2,1-4H3;1H/b10-7+;. The number of ketones is 1. The van der Waals surface area contributed by atoms with Crippen LogP contribution in [0.5, 0.6) is 5.75 Å². The first-order valence-electron chi connectivity index (χ1n) is 8.38. The van der Waals surface area contributed by atoms with Crippen LogP contribution < -0.4 is 0 Å². The Morgan fingerprint density at radius 1 is 1.00 bits per heavy atom. The van der Waals surface area contributed by atoms with Crippen LogP contribution in [0.3, 0.4) is 0 Å². The molecule has 0 radical (unpaired) electrons. The van der Waals surface area contributed by atoms with E-state index in [1.54, 1.807) is 24.3 Å². The predicted molar refractivity (Wildman–Crippen MR) is 118 cm³/mol. The molecule has 0 aliphatic rings. The molecule has 0 amide bonds. The normalized spacial score (nSPS) is 11.2. The van der Waals surface area contributed by atoms with Crippen molar-refractivity contribution in [2.24, 2.45) is 0 Å². The molecule has 0 saturated carbocycles. The Morgan fingerprint density at radius 3 is 1.93 bits per heavy atom. The SMILES string of the molecule is CN(C)Cc1cc(C(=O)/C=C/c2ccc(Br)cc2)cc(CN(C)C)c1O.Cl. The molecular formula is C21H26BrClN2O2. The van der Waals surface area contributed by atoms with Crippen molar-refractivity contribution in [2.75, 3.05) is 28.2 Å². The third-order valence-electron chi connectivity index (χ3n) is 3.82. The van der Waals surface area contributed by atoms with Gasteiger partial charge in [0.1, 0.15) is 5.75 Å². The number of nitrogens with zero attached hydrogens (tertiary/aromatic N) is 2. The maximum Gasteiger partial charge on any atom is 0.185 e. The summed E-state index contributed by atoms with van der Waals surface area (Å²) in [4.78, 5) is 16.6. The van der Waals surface area contributed by atoms with Gasteiger partial charge in [-0.05, 0) is 64.1 Å². The lowest BCUT2D eigenvalue weighted by Crippen LogP contribution is -2.15. The molecule has 0 saturated heterocycles. The number of rotatable bonds is 7. The van der Waals surface area contributed by atoms with Gasteiger partial charge in [-0.2, -0.15) is 0 Å². The fourth-order valence-corrected chi connectivity index (χ4v) is 2.93.